The topological polar surface area (TPSA) is 41.3 Å². The lowest BCUT2D eigenvalue weighted by Gasteiger charge is -2.32. The maximum atomic E-state index is 6.20. The number of nitrogens with two attached hydrogens (primary N) is 1. The maximum Gasteiger partial charge on any atom is 0.0745 e. The summed E-state index contributed by atoms with van der Waals surface area (Å²) >= 11 is 6.20. The molecule has 0 radical (unpaired) electrons. The van der Waals surface area contributed by atoms with Gasteiger partial charge in [0.15, 0.2) is 0 Å². The van der Waals surface area contributed by atoms with Crippen molar-refractivity contribution in [2.75, 3.05) is 19.4 Å². The molecule has 0 bridgehead atoms. The Morgan fingerprint density at radius 1 is 1.29 bits per heavy atom. The predicted octanol–water partition coefficient (Wildman–Crippen LogP) is 2.16. The zero-order chi connectivity index (χ0) is 11.1. The summed E-state index contributed by atoms with van der Waals surface area (Å²) in [5, 5.41) is 3.24. The molecule has 0 saturated heterocycles. The minimum Gasteiger partial charge on any atom is -0.329 e. The van der Waals surface area contributed by atoms with Crippen LogP contribution in [-0.2, 0) is 0 Å². The molecule has 0 aliphatic carbocycles. The van der Waals surface area contributed by atoms with Crippen LogP contribution in [0.2, 0.25) is 0 Å². The second kappa shape index (κ2) is 7.84. The van der Waals surface area contributed by atoms with Crippen molar-refractivity contribution in [3.8, 4) is 0 Å². The Hall–Kier alpha value is 0.600. The van der Waals surface area contributed by atoms with Gasteiger partial charge in [-0.2, -0.15) is 0 Å². The molecule has 0 spiro atoms. The molecule has 0 heterocycles. The first-order chi connectivity index (χ1) is 6.49. The van der Waals surface area contributed by atoms with E-state index in [4.69, 9.17) is 17.0 Å². The van der Waals surface area contributed by atoms with Crippen LogP contribution >= 0.6 is 18.7 Å². The Balaban J connectivity index is 3.90. The van der Waals surface area contributed by atoms with Crippen LogP contribution in [0.1, 0.15) is 27.7 Å². The normalized spacial score (nSPS) is 14.4. The van der Waals surface area contributed by atoms with Gasteiger partial charge in [0, 0.05) is 31.5 Å². The van der Waals surface area contributed by atoms with Gasteiger partial charge in [0.05, 0.1) is 7.43 Å². The molecule has 0 aromatic heterocycles. The van der Waals surface area contributed by atoms with E-state index in [0.29, 0.717) is 18.6 Å². The molecular weight excluding hydrogens is 217 g/mol. The van der Waals surface area contributed by atoms with Gasteiger partial charge in [0.25, 0.3) is 0 Å². The molecule has 0 fully saturated rings. The zero-order valence-electron chi connectivity index (χ0n) is 9.63. The van der Waals surface area contributed by atoms with E-state index in [0.717, 1.165) is 12.8 Å². The predicted molar refractivity (Wildman–Crippen MR) is 66.8 cm³/mol. The molecule has 0 aromatic carbocycles. The van der Waals surface area contributed by atoms with Gasteiger partial charge in [0.2, 0.25) is 0 Å². The Labute approximate surface area is 94.0 Å². The fourth-order valence-electron chi connectivity index (χ4n) is 1.30. The molecule has 14 heavy (non-hydrogen) atoms. The second-order valence-electron chi connectivity index (χ2n) is 3.90. The van der Waals surface area contributed by atoms with E-state index in [-0.39, 0.29) is 0 Å². The van der Waals surface area contributed by atoms with E-state index in [1.54, 1.807) is 0 Å². The summed E-state index contributed by atoms with van der Waals surface area (Å²) in [6.07, 6.45) is 0.923. The summed E-state index contributed by atoms with van der Waals surface area (Å²) in [6, 6.07) is 1.08. The third-order valence-electron chi connectivity index (χ3n) is 2.04. The summed E-state index contributed by atoms with van der Waals surface area (Å²) in [4.78, 5) is 2.39. The van der Waals surface area contributed by atoms with Gasteiger partial charge in [-0.1, -0.05) is 11.2 Å². The van der Waals surface area contributed by atoms with Crippen LogP contribution in [-0.4, -0.2) is 36.4 Å². The number of halogens is 1. The fourth-order valence-corrected chi connectivity index (χ4v) is 3.34. The molecule has 0 aliphatic heterocycles. The number of rotatable bonds is 7. The lowest BCUT2D eigenvalue weighted by atomic mass is 10.2. The van der Waals surface area contributed by atoms with Crippen molar-refractivity contribution in [3.63, 3.8) is 0 Å². The second-order valence-corrected chi connectivity index (χ2v) is 6.45. The highest BCUT2D eigenvalue weighted by molar-refractivity contribution is 7.82. The average molecular weight is 240 g/mol. The van der Waals surface area contributed by atoms with Crippen LogP contribution in [0.15, 0.2) is 0 Å². The molecule has 3 N–H and O–H groups in total. The highest BCUT2D eigenvalue weighted by Crippen LogP contribution is 2.37. The lowest BCUT2D eigenvalue weighted by Crippen LogP contribution is -2.38. The van der Waals surface area contributed by atoms with Gasteiger partial charge in [0.1, 0.15) is 0 Å². The van der Waals surface area contributed by atoms with Crippen molar-refractivity contribution in [1.29, 1.82) is 0 Å². The molecule has 0 rings (SSSR count). The van der Waals surface area contributed by atoms with Crippen molar-refractivity contribution in [1.82, 2.24) is 9.99 Å². The summed E-state index contributed by atoms with van der Waals surface area (Å²) in [5.74, 6) is 0. The van der Waals surface area contributed by atoms with Crippen molar-refractivity contribution in [3.05, 3.63) is 0 Å². The van der Waals surface area contributed by atoms with E-state index in [1.165, 1.54) is 0 Å². The Bertz CT molecular complexity index is 136. The molecule has 3 nitrogen and oxygen atoms in total. The molecule has 1 unspecified atom stereocenters. The molecule has 1 atom stereocenters. The van der Waals surface area contributed by atoms with Crippen LogP contribution in [0.5, 0.6) is 0 Å². The van der Waals surface area contributed by atoms with E-state index in [9.17, 15) is 0 Å². The van der Waals surface area contributed by atoms with Crippen LogP contribution in [0, 0.1) is 0 Å². The van der Waals surface area contributed by atoms with Crippen LogP contribution in [0.3, 0.4) is 0 Å². The Morgan fingerprint density at radius 3 is 2.14 bits per heavy atom. The first-order valence-electron chi connectivity index (χ1n) is 5.11. The standard InChI is InChI=1S/C9H23ClN3P/c1-8(2)13(9(3)4)7-14(10)12-6-5-11/h8-9,12H,5-7,11H2,1-4H3. The quantitative estimate of drug-likeness (QED) is 0.669. The average Bonchev–Trinajstić information content (AvgIpc) is 2.09. The van der Waals surface area contributed by atoms with E-state index < -0.39 is 7.43 Å². The largest absolute Gasteiger partial charge is 0.329 e. The summed E-state index contributed by atoms with van der Waals surface area (Å²) in [5.41, 5.74) is 5.40. The van der Waals surface area contributed by atoms with E-state index >= 15 is 0 Å². The molecular formula is C9H23ClN3P. The van der Waals surface area contributed by atoms with Crippen LogP contribution < -0.4 is 10.8 Å². The molecule has 0 amide bonds. The first kappa shape index (κ1) is 14.6. The summed E-state index contributed by atoms with van der Waals surface area (Å²) in [6.45, 7) is 10.2. The highest BCUT2D eigenvalue weighted by atomic mass is 35.7. The van der Waals surface area contributed by atoms with Crippen molar-refractivity contribution < 1.29 is 0 Å². The van der Waals surface area contributed by atoms with Crippen molar-refractivity contribution in [2.24, 2.45) is 5.73 Å². The Morgan fingerprint density at radius 2 is 1.79 bits per heavy atom. The third-order valence-corrected chi connectivity index (χ3v) is 3.86. The van der Waals surface area contributed by atoms with Crippen LogP contribution in [0.4, 0.5) is 0 Å². The maximum absolute atomic E-state index is 6.20. The summed E-state index contributed by atoms with van der Waals surface area (Å²) in [7, 11) is -0.623. The highest BCUT2D eigenvalue weighted by Gasteiger charge is 2.16. The molecule has 0 saturated carbocycles. The lowest BCUT2D eigenvalue weighted by molar-refractivity contribution is 0.209. The van der Waals surface area contributed by atoms with Gasteiger partial charge in [-0.05, 0) is 27.7 Å². The third kappa shape index (κ3) is 6.15. The molecule has 5 heteroatoms. The number of hydrogen-bond acceptors (Lipinski definition) is 3. The number of nitrogens with zero attached hydrogens (tertiary/aromatic N) is 1. The van der Waals surface area contributed by atoms with Crippen molar-refractivity contribution >= 4 is 18.7 Å². The van der Waals surface area contributed by atoms with E-state index in [2.05, 4.69) is 37.7 Å². The molecule has 0 aromatic rings. The smallest absolute Gasteiger partial charge is 0.0745 e. The minimum atomic E-state index is -0.623. The van der Waals surface area contributed by atoms with Gasteiger partial charge >= 0.3 is 0 Å². The molecule has 86 valence electrons. The minimum absolute atomic E-state index is 0.540. The van der Waals surface area contributed by atoms with Gasteiger partial charge in [-0.25, -0.2) is 0 Å². The number of hydrogen-bond donors (Lipinski definition) is 2. The van der Waals surface area contributed by atoms with Crippen LogP contribution in [0.25, 0.3) is 0 Å². The van der Waals surface area contributed by atoms with Gasteiger partial charge < -0.3 is 5.73 Å². The van der Waals surface area contributed by atoms with Crippen molar-refractivity contribution in [2.45, 2.75) is 39.8 Å². The first-order valence-corrected chi connectivity index (χ1v) is 7.54. The van der Waals surface area contributed by atoms with Gasteiger partial charge in [-0.15, -0.1) is 0 Å². The number of nitrogens with one attached hydrogen (secondary N) is 1. The SMILES string of the molecule is CC(C)N(CP(Cl)NCCN)C(C)C. The monoisotopic (exact) mass is 239 g/mol. The fraction of sp³-hybridized carbons (Fsp3) is 1.00. The van der Waals surface area contributed by atoms with E-state index in [1.807, 2.05) is 0 Å². The zero-order valence-corrected chi connectivity index (χ0v) is 11.3. The Kier molecular flexibility index (Phi) is 8.17. The van der Waals surface area contributed by atoms with Gasteiger partial charge in [-0.3, -0.25) is 9.99 Å². The summed E-state index contributed by atoms with van der Waals surface area (Å²) < 4.78 is 0. The molecule has 0 aliphatic rings.